The maximum absolute atomic E-state index is 12.0. The Morgan fingerprint density at radius 2 is 2.16 bits per heavy atom. The first-order valence-electron chi connectivity index (χ1n) is 8.59. The van der Waals surface area contributed by atoms with Crippen molar-refractivity contribution < 1.29 is 8.42 Å². The maximum atomic E-state index is 12.0. The molecule has 1 saturated carbocycles. The van der Waals surface area contributed by atoms with E-state index in [-0.39, 0.29) is 11.8 Å². The molecule has 0 aromatic heterocycles. The minimum atomic E-state index is -3.26. The van der Waals surface area contributed by atoms with Crippen LogP contribution < -0.4 is 15.4 Å². The van der Waals surface area contributed by atoms with Crippen LogP contribution in [0.5, 0.6) is 0 Å². The lowest BCUT2D eigenvalue weighted by Crippen LogP contribution is -2.42. The Hall–Kier alpha value is -1.31. The molecular weight excluding hydrogens is 360 g/mol. The molecule has 1 aromatic carbocycles. The zero-order chi connectivity index (χ0) is 18.3. The summed E-state index contributed by atoms with van der Waals surface area (Å²) in [4.78, 5) is 4.14. The first kappa shape index (κ1) is 20.0. The fourth-order valence-electron chi connectivity index (χ4n) is 2.58. The molecule has 0 heterocycles. The summed E-state index contributed by atoms with van der Waals surface area (Å²) in [5.74, 6) is 1.09. The number of nitrogens with one attached hydrogen (secondary N) is 3. The van der Waals surface area contributed by atoms with Crippen LogP contribution in [-0.4, -0.2) is 40.3 Å². The number of benzene rings is 1. The highest BCUT2D eigenvalue weighted by atomic mass is 35.5. The van der Waals surface area contributed by atoms with E-state index >= 15 is 0 Å². The van der Waals surface area contributed by atoms with Gasteiger partial charge in [-0.25, -0.2) is 13.1 Å². The Morgan fingerprint density at radius 1 is 1.40 bits per heavy atom. The molecule has 2 rings (SSSR count). The van der Waals surface area contributed by atoms with Crippen LogP contribution in [0.25, 0.3) is 0 Å². The average Bonchev–Trinajstić information content (AvgIpc) is 2.52. The van der Waals surface area contributed by atoms with Crippen molar-refractivity contribution in [3.05, 3.63) is 34.9 Å². The maximum Gasteiger partial charge on any atom is 0.213 e. The van der Waals surface area contributed by atoms with Gasteiger partial charge in [0, 0.05) is 25.2 Å². The van der Waals surface area contributed by atoms with Crippen molar-refractivity contribution in [1.82, 2.24) is 15.4 Å². The van der Waals surface area contributed by atoms with Gasteiger partial charge in [0.15, 0.2) is 5.96 Å². The predicted molar refractivity (Wildman–Crippen MR) is 103 cm³/mol. The third-order valence-corrected chi connectivity index (χ3v) is 5.99. The molecule has 1 unspecified atom stereocenters. The molecule has 0 saturated heterocycles. The normalized spacial score (nSPS) is 17.0. The topological polar surface area (TPSA) is 82.6 Å². The lowest BCUT2D eigenvalue weighted by atomic mass is 9.86. The van der Waals surface area contributed by atoms with Gasteiger partial charge in [0.25, 0.3) is 0 Å². The molecule has 0 aliphatic heterocycles. The SMILES string of the molecule is CN=C(NCCS(=O)(=O)NCC1CCC1)NC(C)c1cccc(Cl)c1. The number of aliphatic imine (C=N–C) groups is 1. The average molecular weight is 387 g/mol. The number of sulfonamides is 1. The summed E-state index contributed by atoms with van der Waals surface area (Å²) in [5, 5.41) is 6.95. The Bertz CT molecular complexity index is 690. The van der Waals surface area contributed by atoms with Gasteiger partial charge in [0.2, 0.25) is 10.0 Å². The van der Waals surface area contributed by atoms with E-state index in [1.807, 2.05) is 31.2 Å². The Morgan fingerprint density at radius 3 is 2.76 bits per heavy atom. The summed E-state index contributed by atoms with van der Waals surface area (Å²) < 4.78 is 26.7. The first-order chi connectivity index (χ1) is 11.9. The standard InChI is InChI=1S/C17H27ClN4O2S/c1-13(15-7-4-8-16(18)11-15)22-17(19-2)20-9-10-25(23,24)21-12-14-5-3-6-14/h4,7-8,11,13-14,21H,3,5-6,9-10,12H2,1-2H3,(H2,19,20,22). The number of hydrogen-bond donors (Lipinski definition) is 3. The molecule has 1 aliphatic carbocycles. The Kier molecular flexibility index (Phi) is 7.53. The van der Waals surface area contributed by atoms with E-state index in [1.165, 1.54) is 6.42 Å². The number of guanidine groups is 1. The van der Waals surface area contributed by atoms with Gasteiger partial charge in [-0.15, -0.1) is 0 Å². The largest absolute Gasteiger partial charge is 0.355 e. The quantitative estimate of drug-likeness (QED) is 0.473. The van der Waals surface area contributed by atoms with Crippen molar-refractivity contribution in [2.75, 3.05) is 25.9 Å². The van der Waals surface area contributed by atoms with Crippen molar-refractivity contribution in [3.63, 3.8) is 0 Å². The van der Waals surface area contributed by atoms with Crippen molar-refractivity contribution in [1.29, 1.82) is 0 Å². The second kappa shape index (κ2) is 9.40. The van der Waals surface area contributed by atoms with Gasteiger partial charge in [0.05, 0.1) is 11.8 Å². The van der Waals surface area contributed by atoms with Crippen molar-refractivity contribution in [3.8, 4) is 0 Å². The molecule has 0 bridgehead atoms. The molecule has 0 radical (unpaired) electrons. The first-order valence-corrected chi connectivity index (χ1v) is 10.6. The summed E-state index contributed by atoms with van der Waals surface area (Å²) in [7, 11) is -1.60. The molecule has 0 amide bonds. The van der Waals surface area contributed by atoms with Crippen LogP contribution in [0, 0.1) is 5.92 Å². The highest BCUT2D eigenvalue weighted by molar-refractivity contribution is 7.89. The highest BCUT2D eigenvalue weighted by Crippen LogP contribution is 2.25. The summed E-state index contributed by atoms with van der Waals surface area (Å²) in [5.41, 5.74) is 1.03. The number of rotatable bonds is 8. The van der Waals surface area contributed by atoms with E-state index in [0.717, 1.165) is 18.4 Å². The smallest absolute Gasteiger partial charge is 0.213 e. The van der Waals surface area contributed by atoms with E-state index in [0.29, 0.717) is 30.0 Å². The van der Waals surface area contributed by atoms with E-state index in [2.05, 4.69) is 20.3 Å². The van der Waals surface area contributed by atoms with Gasteiger partial charge in [-0.05, 0) is 43.4 Å². The van der Waals surface area contributed by atoms with Crippen molar-refractivity contribution in [2.24, 2.45) is 10.9 Å². The summed E-state index contributed by atoms with van der Waals surface area (Å²) in [6.07, 6.45) is 3.46. The van der Waals surface area contributed by atoms with E-state index in [1.54, 1.807) is 7.05 Å². The molecule has 0 spiro atoms. The number of halogens is 1. The van der Waals surface area contributed by atoms with Gasteiger partial charge in [0.1, 0.15) is 0 Å². The van der Waals surface area contributed by atoms with Crippen LogP contribution in [0.1, 0.15) is 37.8 Å². The fraction of sp³-hybridized carbons (Fsp3) is 0.588. The zero-order valence-electron chi connectivity index (χ0n) is 14.8. The molecule has 6 nitrogen and oxygen atoms in total. The van der Waals surface area contributed by atoms with Crippen LogP contribution >= 0.6 is 11.6 Å². The highest BCUT2D eigenvalue weighted by Gasteiger charge is 2.20. The van der Waals surface area contributed by atoms with Crippen LogP contribution in [-0.2, 0) is 10.0 Å². The predicted octanol–water partition coefficient (Wildman–Crippen LogP) is 2.29. The van der Waals surface area contributed by atoms with Gasteiger partial charge >= 0.3 is 0 Å². The summed E-state index contributed by atoms with van der Waals surface area (Å²) in [6.45, 7) is 2.85. The lowest BCUT2D eigenvalue weighted by Gasteiger charge is -2.25. The molecule has 3 N–H and O–H groups in total. The number of nitrogens with zero attached hydrogens (tertiary/aromatic N) is 1. The summed E-state index contributed by atoms with van der Waals surface area (Å²) in [6, 6.07) is 7.59. The molecule has 1 aromatic rings. The van der Waals surface area contributed by atoms with Gasteiger partial charge in [-0.2, -0.15) is 0 Å². The monoisotopic (exact) mass is 386 g/mol. The van der Waals surface area contributed by atoms with Gasteiger partial charge < -0.3 is 10.6 Å². The van der Waals surface area contributed by atoms with Gasteiger partial charge in [-0.1, -0.05) is 30.2 Å². The van der Waals surface area contributed by atoms with Gasteiger partial charge in [-0.3, -0.25) is 4.99 Å². The third kappa shape index (κ3) is 6.84. The number of hydrogen-bond acceptors (Lipinski definition) is 3. The molecule has 25 heavy (non-hydrogen) atoms. The fourth-order valence-corrected chi connectivity index (χ4v) is 3.78. The summed E-state index contributed by atoms with van der Waals surface area (Å²) >= 11 is 6.01. The van der Waals surface area contributed by atoms with Crippen LogP contribution in [0.4, 0.5) is 0 Å². The third-order valence-electron chi connectivity index (χ3n) is 4.41. The molecule has 140 valence electrons. The van der Waals surface area contributed by atoms with Crippen LogP contribution in [0.15, 0.2) is 29.3 Å². The molecule has 1 fully saturated rings. The van der Waals surface area contributed by atoms with Crippen LogP contribution in [0.3, 0.4) is 0 Å². The lowest BCUT2D eigenvalue weighted by molar-refractivity contribution is 0.316. The van der Waals surface area contributed by atoms with Crippen LogP contribution in [0.2, 0.25) is 5.02 Å². The molecule has 1 atom stereocenters. The second-order valence-electron chi connectivity index (χ2n) is 6.38. The molecule has 1 aliphatic rings. The Balaban J connectivity index is 1.75. The minimum Gasteiger partial charge on any atom is -0.355 e. The van der Waals surface area contributed by atoms with E-state index in [9.17, 15) is 8.42 Å². The van der Waals surface area contributed by atoms with E-state index in [4.69, 9.17) is 11.6 Å². The second-order valence-corrected chi connectivity index (χ2v) is 8.75. The molecular formula is C17H27ClN4O2S. The van der Waals surface area contributed by atoms with E-state index < -0.39 is 10.0 Å². The van der Waals surface area contributed by atoms with Crippen molar-refractivity contribution >= 4 is 27.6 Å². The minimum absolute atomic E-state index is 0.00162. The zero-order valence-corrected chi connectivity index (χ0v) is 16.3. The Labute approximate surface area is 155 Å². The van der Waals surface area contributed by atoms with Crippen molar-refractivity contribution in [2.45, 2.75) is 32.2 Å². The molecule has 8 heteroatoms.